The topological polar surface area (TPSA) is 58.5 Å². The number of pyridine rings is 1. The lowest BCUT2D eigenvalue weighted by Crippen LogP contribution is -2.38. The lowest BCUT2D eigenvalue weighted by Gasteiger charge is -2.12. The Hall–Kier alpha value is -2.34. The Morgan fingerprint density at radius 1 is 1.12 bits per heavy atom. The molecule has 7 heteroatoms. The first-order valence-electron chi connectivity index (χ1n) is 8.60. The monoisotopic (exact) mass is 378 g/mol. The highest BCUT2D eigenvalue weighted by Crippen LogP contribution is 2.11. The van der Waals surface area contributed by atoms with E-state index in [9.17, 15) is 4.39 Å². The lowest BCUT2D eigenvalue weighted by molar-refractivity contribution is 0.306. The highest BCUT2D eigenvalue weighted by Gasteiger charge is 1.99. The van der Waals surface area contributed by atoms with Crippen molar-refractivity contribution in [2.24, 2.45) is 4.99 Å². The van der Waals surface area contributed by atoms with Gasteiger partial charge in [0.1, 0.15) is 16.7 Å². The van der Waals surface area contributed by atoms with E-state index in [1.54, 1.807) is 31.4 Å². The van der Waals surface area contributed by atoms with Crippen molar-refractivity contribution < 1.29 is 9.13 Å². The number of aliphatic imine (C=N–C) groups is 1. The zero-order valence-corrected chi connectivity index (χ0v) is 15.6. The number of guanidine groups is 1. The number of halogens is 2. The third-order valence-corrected chi connectivity index (χ3v) is 3.89. The molecule has 0 radical (unpaired) electrons. The Balaban J connectivity index is 1.54. The fourth-order valence-electron chi connectivity index (χ4n) is 2.25. The molecule has 5 nitrogen and oxygen atoms in total. The van der Waals surface area contributed by atoms with Crippen molar-refractivity contribution in [1.82, 2.24) is 15.6 Å². The van der Waals surface area contributed by atoms with Gasteiger partial charge in [0, 0.05) is 26.3 Å². The van der Waals surface area contributed by atoms with E-state index < -0.39 is 0 Å². The SMILES string of the molecule is CN=C(NCCCCOc1ccc(F)cc1)NCCc1ccc(Cl)nc1. The number of unbranched alkanes of at least 4 members (excludes halogenated alkanes) is 1. The minimum Gasteiger partial charge on any atom is -0.494 e. The van der Waals surface area contributed by atoms with Gasteiger partial charge in [0.2, 0.25) is 0 Å². The summed E-state index contributed by atoms with van der Waals surface area (Å²) < 4.78 is 18.4. The van der Waals surface area contributed by atoms with Gasteiger partial charge in [0.25, 0.3) is 0 Å². The molecule has 0 saturated heterocycles. The molecule has 0 atom stereocenters. The van der Waals surface area contributed by atoms with Crippen molar-refractivity contribution in [3.63, 3.8) is 0 Å². The smallest absolute Gasteiger partial charge is 0.190 e. The van der Waals surface area contributed by atoms with E-state index in [2.05, 4.69) is 20.6 Å². The number of nitrogens with one attached hydrogen (secondary N) is 2. The first-order valence-corrected chi connectivity index (χ1v) is 8.98. The fraction of sp³-hybridized carbons (Fsp3) is 0.368. The number of nitrogens with zero attached hydrogens (tertiary/aromatic N) is 2. The van der Waals surface area contributed by atoms with E-state index in [0.717, 1.165) is 43.9 Å². The molecule has 2 aromatic rings. The number of ether oxygens (including phenoxy) is 1. The normalized spacial score (nSPS) is 11.3. The van der Waals surface area contributed by atoms with Gasteiger partial charge in [-0.3, -0.25) is 4.99 Å². The largest absolute Gasteiger partial charge is 0.494 e. The van der Waals surface area contributed by atoms with Crippen LogP contribution in [-0.4, -0.2) is 37.7 Å². The summed E-state index contributed by atoms with van der Waals surface area (Å²) in [4.78, 5) is 8.26. The van der Waals surface area contributed by atoms with E-state index in [4.69, 9.17) is 16.3 Å². The minimum atomic E-state index is -0.257. The van der Waals surface area contributed by atoms with Crippen LogP contribution in [0, 0.1) is 5.82 Å². The van der Waals surface area contributed by atoms with Crippen LogP contribution in [0.1, 0.15) is 18.4 Å². The van der Waals surface area contributed by atoms with Crippen molar-refractivity contribution in [2.45, 2.75) is 19.3 Å². The molecule has 1 aromatic carbocycles. The maximum absolute atomic E-state index is 12.8. The fourth-order valence-corrected chi connectivity index (χ4v) is 2.37. The van der Waals surface area contributed by atoms with Crippen molar-refractivity contribution >= 4 is 17.6 Å². The second-order valence-corrected chi connectivity index (χ2v) is 6.06. The summed E-state index contributed by atoms with van der Waals surface area (Å²) >= 11 is 5.77. The van der Waals surface area contributed by atoms with Crippen molar-refractivity contribution in [1.29, 1.82) is 0 Å². The molecule has 26 heavy (non-hydrogen) atoms. The number of benzene rings is 1. The molecule has 0 saturated carbocycles. The van der Waals surface area contributed by atoms with Crippen LogP contribution < -0.4 is 15.4 Å². The number of hydrogen-bond donors (Lipinski definition) is 2. The molecule has 2 N–H and O–H groups in total. The quantitative estimate of drug-likeness (QED) is 0.304. The first-order chi connectivity index (χ1) is 12.7. The highest BCUT2D eigenvalue weighted by molar-refractivity contribution is 6.29. The maximum atomic E-state index is 12.8. The Kier molecular flexibility index (Phi) is 8.69. The standard InChI is InChI=1S/C19H24ClFN4O/c1-22-19(24-12-10-15-4-9-18(20)25-14-15)23-11-2-3-13-26-17-7-5-16(21)6-8-17/h4-9,14H,2-3,10-13H2,1H3,(H2,22,23,24). The van der Waals surface area contributed by atoms with E-state index >= 15 is 0 Å². The van der Waals surface area contributed by atoms with Crippen LogP contribution in [0.4, 0.5) is 4.39 Å². The van der Waals surface area contributed by atoms with Gasteiger partial charge in [-0.05, 0) is 55.2 Å². The molecule has 0 fully saturated rings. The second kappa shape index (κ2) is 11.3. The molecule has 0 amide bonds. The molecule has 2 rings (SSSR count). The van der Waals surface area contributed by atoms with E-state index in [1.807, 2.05) is 6.07 Å². The molecule has 1 heterocycles. The Morgan fingerprint density at radius 3 is 2.58 bits per heavy atom. The summed E-state index contributed by atoms with van der Waals surface area (Å²) in [5, 5.41) is 7.04. The summed E-state index contributed by atoms with van der Waals surface area (Å²) in [5.41, 5.74) is 1.12. The number of rotatable bonds is 9. The van der Waals surface area contributed by atoms with Gasteiger partial charge in [-0.2, -0.15) is 0 Å². The van der Waals surface area contributed by atoms with Crippen LogP contribution in [-0.2, 0) is 6.42 Å². The molecule has 1 aromatic heterocycles. The molecular weight excluding hydrogens is 355 g/mol. The predicted octanol–water partition coefficient (Wildman–Crippen LogP) is 3.44. The van der Waals surface area contributed by atoms with Crippen LogP contribution in [0.2, 0.25) is 5.15 Å². The average Bonchev–Trinajstić information content (AvgIpc) is 2.66. The molecule has 0 unspecified atom stereocenters. The molecule has 140 valence electrons. The second-order valence-electron chi connectivity index (χ2n) is 5.67. The van der Waals surface area contributed by atoms with Crippen molar-refractivity contribution in [2.75, 3.05) is 26.7 Å². The predicted molar refractivity (Wildman–Crippen MR) is 103 cm³/mol. The van der Waals surface area contributed by atoms with E-state index in [1.165, 1.54) is 12.1 Å². The Morgan fingerprint density at radius 2 is 1.88 bits per heavy atom. The van der Waals surface area contributed by atoms with Gasteiger partial charge >= 0.3 is 0 Å². The van der Waals surface area contributed by atoms with E-state index in [0.29, 0.717) is 17.5 Å². The number of aromatic nitrogens is 1. The molecule has 0 spiro atoms. The van der Waals surface area contributed by atoms with Crippen LogP contribution >= 0.6 is 11.6 Å². The lowest BCUT2D eigenvalue weighted by atomic mass is 10.2. The molecule has 0 aliphatic rings. The van der Waals surface area contributed by atoms with E-state index in [-0.39, 0.29) is 5.82 Å². The third-order valence-electron chi connectivity index (χ3n) is 3.66. The summed E-state index contributed by atoms with van der Waals surface area (Å²) in [6, 6.07) is 9.82. The summed E-state index contributed by atoms with van der Waals surface area (Å²) in [6.45, 7) is 2.16. The highest BCUT2D eigenvalue weighted by atomic mass is 35.5. The molecule has 0 bridgehead atoms. The third kappa shape index (κ3) is 7.70. The van der Waals surface area contributed by atoms with Gasteiger partial charge in [0.05, 0.1) is 6.61 Å². The van der Waals surface area contributed by atoms with Crippen LogP contribution in [0.25, 0.3) is 0 Å². The summed E-state index contributed by atoms with van der Waals surface area (Å²) in [5.74, 6) is 1.20. The van der Waals surface area contributed by atoms with Gasteiger partial charge in [0.15, 0.2) is 5.96 Å². The van der Waals surface area contributed by atoms with Gasteiger partial charge in [-0.25, -0.2) is 9.37 Å². The summed E-state index contributed by atoms with van der Waals surface area (Å²) in [6.07, 6.45) is 4.47. The van der Waals surface area contributed by atoms with Gasteiger partial charge < -0.3 is 15.4 Å². The van der Waals surface area contributed by atoms with Gasteiger partial charge in [-0.15, -0.1) is 0 Å². The van der Waals surface area contributed by atoms with Crippen LogP contribution in [0.5, 0.6) is 5.75 Å². The average molecular weight is 379 g/mol. The molecular formula is C19H24ClFN4O. The molecule has 0 aliphatic heterocycles. The molecule has 0 aliphatic carbocycles. The van der Waals surface area contributed by atoms with Crippen LogP contribution in [0.3, 0.4) is 0 Å². The zero-order chi connectivity index (χ0) is 18.6. The minimum absolute atomic E-state index is 0.257. The Bertz CT molecular complexity index is 677. The first kappa shape index (κ1) is 20.0. The summed E-state index contributed by atoms with van der Waals surface area (Å²) in [7, 11) is 1.75. The van der Waals surface area contributed by atoms with Crippen molar-refractivity contribution in [3.05, 3.63) is 59.1 Å². The zero-order valence-electron chi connectivity index (χ0n) is 14.8. The van der Waals surface area contributed by atoms with Crippen molar-refractivity contribution in [3.8, 4) is 5.75 Å². The Labute approximate surface area is 158 Å². The number of hydrogen-bond acceptors (Lipinski definition) is 3. The van der Waals surface area contributed by atoms with Gasteiger partial charge in [-0.1, -0.05) is 17.7 Å². The van der Waals surface area contributed by atoms with Crippen LogP contribution in [0.15, 0.2) is 47.6 Å². The maximum Gasteiger partial charge on any atom is 0.190 e.